The van der Waals surface area contributed by atoms with Crippen LogP contribution in [0.4, 0.5) is 10.2 Å². The minimum absolute atomic E-state index is 0.276. The number of halogens is 2. The molecule has 0 saturated carbocycles. The molecule has 32 heavy (non-hydrogen) atoms. The summed E-state index contributed by atoms with van der Waals surface area (Å²) in [5.74, 6) is 0.624. The van der Waals surface area contributed by atoms with Gasteiger partial charge in [0.25, 0.3) is 0 Å². The lowest BCUT2D eigenvalue weighted by atomic mass is 10.1. The van der Waals surface area contributed by atoms with Crippen molar-refractivity contribution in [3.05, 3.63) is 62.6 Å². The number of ether oxygens (including phenoxy) is 1. The van der Waals surface area contributed by atoms with E-state index in [1.165, 1.54) is 17.7 Å². The zero-order valence-electron chi connectivity index (χ0n) is 17.2. The van der Waals surface area contributed by atoms with Gasteiger partial charge in [0.2, 0.25) is 0 Å². The van der Waals surface area contributed by atoms with Gasteiger partial charge in [0.05, 0.1) is 21.7 Å². The number of H-pyrrole nitrogens is 1. The smallest absolute Gasteiger partial charge is 0.439 e. The molecule has 0 radical (unpaired) electrons. The Morgan fingerprint density at radius 3 is 2.88 bits per heavy atom. The van der Waals surface area contributed by atoms with Crippen molar-refractivity contribution in [3.8, 4) is 27.0 Å². The van der Waals surface area contributed by atoms with E-state index in [-0.39, 0.29) is 5.82 Å². The third-order valence-electron chi connectivity index (χ3n) is 4.65. The maximum Gasteiger partial charge on any atom is 0.439 e. The van der Waals surface area contributed by atoms with E-state index in [1.54, 1.807) is 12.1 Å². The van der Waals surface area contributed by atoms with Crippen LogP contribution in [0.3, 0.4) is 0 Å². The molecule has 1 aromatic carbocycles. The molecule has 0 aliphatic heterocycles. The SMILES string of the molecule is CCOc1cc(-c2cc(NCCc3cc(F)c(Br)cc3C)ncn2)sc1-c1noc(=O)[nH]1. The van der Waals surface area contributed by atoms with Gasteiger partial charge in [-0.25, -0.2) is 19.2 Å². The minimum atomic E-state index is -0.633. The number of rotatable bonds is 8. The second-order valence-electron chi connectivity index (χ2n) is 6.84. The van der Waals surface area contributed by atoms with E-state index in [1.807, 2.05) is 26.0 Å². The molecule has 0 amide bonds. The zero-order chi connectivity index (χ0) is 22.7. The summed E-state index contributed by atoms with van der Waals surface area (Å²) in [5.41, 5.74) is 2.64. The molecule has 0 saturated heterocycles. The highest BCUT2D eigenvalue weighted by atomic mass is 79.9. The Morgan fingerprint density at radius 1 is 1.28 bits per heavy atom. The largest absolute Gasteiger partial charge is 0.492 e. The van der Waals surface area contributed by atoms with E-state index >= 15 is 0 Å². The van der Waals surface area contributed by atoms with Gasteiger partial charge in [-0.1, -0.05) is 5.16 Å². The molecule has 0 bridgehead atoms. The molecule has 3 heterocycles. The first kappa shape index (κ1) is 22.2. The van der Waals surface area contributed by atoms with E-state index in [0.29, 0.717) is 52.0 Å². The molecule has 8 nitrogen and oxygen atoms in total. The second kappa shape index (κ2) is 9.61. The van der Waals surface area contributed by atoms with E-state index in [9.17, 15) is 9.18 Å². The van der Waals surface area contributed by atoms with Crippen LogP contribution in [0.15, 0.2) is 44.4 Å². The lowest BCUT2D eigenvalue weighted by Gasteiger charge is -2.09. The molecule has 166 valence electrons. The Bertz CT molecular complexity index is 1300. The van der Waals surface area contributed by atoms with Gasteiger partial charge in [0, 0.05) is 18.7 Å². The first-order chi connectivity index (χ1) is 15.4. The van der Waals surface area contributed by atoms with E-state index in [2.05, 4.69) is 45.9 Å². The third kappa shape index (κ3) is 4.89. The average molecular weight is 520 g/mol. The number of anilines is 1. The van der Waals surface area contributed by atoms with E-state index < -0.39 is 5.76 Å². The van der Waals surface area contributed by atoms with Crippen LogP contribution in [0.1, 0.15) is 18.1 Å². The van der Waals surface area contributed by atoms with Crippen LogP contribution >= 0.6 is 27.3 Å². The number of aromatic nitrogens is 4. The van der Waals surface area contributed by atoms with Gasteiger partial charge in [-0.05, 0) is 59.5 Å². The third-order valence-corrected chi connectivity index (χ3v) is 6.41. The fraction of sp³-hybridized carbons (Fsp3) is 0.238. The van der Waals surface area contributed by atoms with Crippen LogP contribution in [-0.4, -0.2) is 33.3 Å². The summed E-state index contributed by atoms with van der Waals surface area (Å²) in [6.07, 6.45) is 2.12. The van der Waals surface area contributed by atoms with Gasteiger partial charge in [0.15, 0.2) is 5.82 Å². The van der Waals surface area contributed by atoms with Gasteiger partial charge in [0.1, 0.15) is 28.6 Å². The minimum Gasteiger partial charge on any atom is -0.492 e. The average Bonchev–Trinajstić information content (AvgIpc) is 3.38. The van der Waals surface area contributed by atoms with Gasteiger partial charge in [-0.3, -0.25) is 9.51 Å². The summed E-state index contributed by atoms with van der Waals surface area (Å²) in [6, 6.07) is 6.99. The highest BCUT2D eigenvalue weighted by Gasteiger charge is 2.18. The molecule has 0 fully saturated rings. The molecule has 4 aromatic rings. The van der Waals surface area contributed by atoms with Crippen molar-refractivity contribution in [3.63, 3.8) is 0 Å². The van der Waals surface area contributed by atoms with Crippen LogP contribution < -0.4 is 15.8 Å². The van der Waals surface area contributed by atoms with Crippen LogP contribution in [0.2, 0.25) is 0 Å². The van der Waals surface area contributed by atoms with Crippen molar-refractivity contribution in [2.24, 2.45) is 0 Å². The molecule has 11 heteroatoms. The predicted octanol–water partition coefficient (Wildman–Crippen LogP) is 4.81. The summed E-state index contributed by atoms with van der Waals surface area (Å²) in [5, 5.41) is 7.01. The van der Waals surface area contributed by atoms with Gasteiger partial charge in [-0.15, -0.1) is 11.3 Å². The highest BCUT2D eigenvalue weighted by Crippen LogP contribution is 2.41. The molecular formula is C21H19BrFN5O3S. The van der Waals surface area contributed by atoms with E-state index in [4.69, 9.17) is 4.74 Å². The fourth-order valence-electron chi connectivity index (χ4n) is 3.13. The van der Waals surface area contributed by atoms with Crippen LogP contribution in [0.5, 0.6) is 5.75 Å². The highest BCUT2D eigenvalue weighted by molar-refractivity contribution is 9.10. The summed E-state index contributed by atoms with van der Waals surface area (Å²) < 4.78 is 24.6. The number of aryl methyl sites for hydroxylation is 1. The Morgan fingerprint density at radius 2 is 2.12 bits per heavy atom. The second-order valence-corrected chi connectivity index (χ2v) is 8.75. The van der Waals surface area contributed by atoms with Gasteiger partial charge < -0.3 is 10.1 Å². The van der Waals surface area contributed by atoms with Gasteiger partial charge in [-0.2, -0.15) is 0 Å². The Balaban J connectivity index is 1.52. The van der Waals surface area contributed by atoms with Gasteiger partial charge >= 0.3 is 5.76 Å². The Labute approximate surface area is 195 Å². The first-order valence-electron chi connectivity index (χ1n) is 9.78. The number of thiophene rings is 1. The quantitative estimate of drug-likeness (QED) is 0.344. The standard InChI is InChI=1S/C21H19BrFN5O3S/c1-3-30-16-9-17(32-19(16)20-27-21(29)31-28-20)15-8-18(26-10-25-15)24-5-4-12-7-14(23)13(22)6-11(12)2/h6-10H,3-5H2,1-2H3,(H,24,25,26)(H,27,28,29). The van der Waals surface area contributed by atoms with Crippen molar-refractivity contribution < 1.29 is 13.7 Å². The topological polar surface area (TPSA) is 106 Å². The fourth-order valence-corrected chi connectivity index (χ4v) is 4.59. The lowest BCUT2D eigenvalue weighted by Crippen LogP contribution is -2.08. The van der Waals surface area contributed by atoms with Crippen molar-refractivity contribution >= 4 is 33.1 Å². The number of hydrogen-bond acceptors (Lipinski definition) is 8. The van der Waals surface area contributed by atoms with Crippen molar-refractivity contribution in [2.45, 2.75) is 20.3 Å². The Hall–Kier alpha value is -3.05. The summed E-state index contributed by atoms with van der Waals surface area (Å²) >= 11 is 4.58. The summed E-state index contributed by atoms with van der Waals surface area (Å²) in [7, 11) is 0. The summed E-state index contributed by atoms with van der Waals surface area (Å²) in [4.78, 5) is 24.0. The van der Waals surface area contributed by atoms with Crippen molar-refractivity contribution in [1.82, 2.24) is 20.1 Å². The number of hydrogen-bond donors (Lipinski definition) is 2. The zero-order valence-corrected chi connectivity index (χ0v) is 19.6. The van der Waals surface area contributed by atoms with Crippen molar-refractivity contribution in [1.29, 1.82) is 0 Å². The molecule has 0 spiro atoms. The maximum absolute atomic E-state index is 13.8. The molecule has 0 aliphatic rings. The number of nitrogens with one attached hydrogen (secondary N) is 2. The lowest BCUT2D eigenvalue weighted by molar-refractivity contribution is 0.342. The number of aromatic amines is 1. The normalized spacial score (nSPS) is 11.0. The molecule has 0 unspecified atom stereocenters. The molecule has 3 aromatic heterocycles. The predicted molar refractivity (Wildman–Crippen MR) is 124 cm³/mol. The van der Waals surface area contributed by atoms with Crippen molar-refractivity contribution in [2.75, 3.05) is 18.5 Å². The first-order valence-corrected chi connectivity index (χ1v) is 11.4. The van der Waals surface area contributed by atoms with Crippen LogP contribution in [-0.2, 0) is 6.42 Å². The molecule has 2 N–H and O–H groups in total. The van der Waals surface area contributed by atoms with E-state index in [0.717, 1.165) is 16.0 Å². The molecular weight excluding hydrogens is 501 g/mol. The Kier molecular flexibility index (Phi) is 6.66. The van der Waals surface area contributed by atoms with Crippen LogP contribution in [0.25, 0.3) is 21.3 Å². The summed E-state index contributed by atoms with van der Waals surface area (Å²) in [6.45, 7) is 4.86. The monoisotopic (exact) mass is 519 g/mol. The molecule has 0 aliphatic carbocycles. The van der Waals surface area contributed by atoms with Crippen LogP contribution in [0, 0.1) is 12.7 Å². The molecule has 4 rings (SSSR count). The number of benzene rings is 1. The number of nitrogens with zero attached hydrogens (tertiary/aromatic N) is 3. The maximum atomic E-state index is 13.8. The molecule has 0 atom stereocenters.